The summed E-state index contributed by atoms with van der Waals surface area (Å²) in [7, 11) is 1.55. The number of hydrogen-bond acceptors (Lipinski definition) is 9. The van der Waals surface area contributed by atoms with Crippen molar-refractivity contribution in [1.82, 2.24) is 9.97 Å². The first-order valence-corrected chi connectivity index (χ1v) is 8.67. The molecular weight excluding hydrogens is 378 g/mol. The lowest BCUT2D eigenvalue weighted by Crippen LogP contribution is -2.08. The maximum atomic E-state index is 11.7. The van der Waals surface area contributed by atoms with Crippen LogP contribution in [0.2, 0.25) is 0 Å². The SMILES string of the molecule is COc1cccc(Nc2ncnc(NCc3ccc4c(c3)OCO4)c2[N+](=O)[O-])c1. The Kier molecular flexibility index (Phi) is 4.97. The predicted molar refractivity (Wildman–Crippen MR) is 105 cm³/mol. The fraction of sp³-hybridized carbons (Fsp3) is 0.158. The van der Waals surface area contributed by atoms with Gasteiger partial charge in [0.25, 0.3) is 0 Å². The number of benzene rings is 2. The van der Waals surface area contributed by atoms with Crippen molar-refractivity contribution in [2.75, 3.05) is 24.5 Å². The number of nitro groups is 1. The third kappa shape index (κ3) is 3.95. The molecule has 10 heteroatoms. The lowest BCUT2D eigenvalue weighted by Gasteiger charge is -2.11. The summed E-state index contributed by atoms with van der Waals surface area (Å²) in [6, 6.07) is 12.5. The molecule has 2 heterocycles. The minimum absolute atomic E-state index is 0.0754. The lowest BCUT2D eigenvalue weighted by molar-refractivity contribution is -0.383. The topological polar surface area (TPSA) is 121 Å². The summed E-state index contributed by atoms with van der Waals surface area (Å²) in [6.45, 7) is 0.496. The molecule has 1 aromatic heterocycles. The number of anilines is 3. The van der Waals surface area contributed by atoms with E-state index in [0.717, 1.165) is 5.56 Å². The maximum absolute atomic E-state index is 11.7. The second kappa shape index (κ2) is 7.89. The molecule has 148 valence electrons. The van der Waals surface area contributed by atoms with Crippen LogP contribution in [0, 0.1) is 10.1 Å². The van der Waals surface area contributed by atoms with Gasteiger partial charge in [0.05, 0.1) is 12.0 Å². The van der Waals surface area contributed by atoms with Crippen molar-refractivity contribution in [2.24, 2.45) is 0 Å². The molecule has 0 amide bonds. The highest BCUT2D eigenvalue weighted by atomic mass is 16.7. The molecule has 1 aliphatic rings. The largest absolute Gasteiger partial charge is 0.497 e. The zero-order valence-corrected chi connectivity index (χ0v) is 15.4. The number of nitrogens with zero attached hydrogens (tertiary/aromatic N) is 3. The van der Waals surface area contributed by atoms with Gasteiger partial charge in [-0.3, -0.25) is 10.1 Å². The van der Waals surface area contributed by atoms with Crippen LogP contribution < -0.4 is 24.8 Å². The van der Waals surface area contributed by atoms with Crippen molar-refractivity contribution in [2.45, 2.75) is 6.54 Å². The average molecular weight is 395 g/mol. The van der Waals surface area contributed by atoms with Crippen LogP contribution in [0.3, 0.4) is 0 Å². The molecular formula is C19H17N5O5. The number of fused-ring (bicyclic) bond motifs is 1. The Balaban J connectivity index is 1.57. The first kappa shape index (κ1) is 18.3. The Labute approximate surface area is 165 Å². The number of methoxy groups -OCH3 is 1. The number of hydrogen-bond donors (Lipinski definition) is 2. The van der Waals surface area contributed by atoms with Gasteiger partial charge >= 0.3 is 5.69 Å². The van der Waals surface area contributed by atoms with Gasteiger partial charge < -0.3 is 24.8 Å². The summed E-state index contributed by atoms with van der Waals surface area (Å²) in [6.07, 6.45) is 1.26. The number of nitrogens with one attached hydrogen (secondary N) is 2. The Bertz CT molecular complexity index is 1060. The molecule has 0 radical (unpaired) electrons. The summed E-state index contributed by atoms with van der Waals surface area (Å²) in [5, 5.41) is 17.7. The maximum Gasteiger partial charge on any atom is 0.353 e. The monoisotopic (exact) mass is 395 g/mol. The molecule has 0 aliphatic carbocycles. The fourth-order valence-corrected chi connectivity index (χ4v) is 2.85. The molecule has 0 saturated heterocycles. The number of rotatable bonds is 7. The lowest BCUT2D eigenvalue weighted by atomic mass is 10.2. The highest BCUT2D eigenvalue weighted by Gasteiger charge is 2.23. The molecule has 0 fully saturated rings. The van der Waals surface area contributed by atoms with Gasteiger partial charge in [-0.2, -0.15) is 0 Å². The van der Waals surface area contributed by atoms with Gasteiger partial charge in [-0.1, -0.05) is 12.1 Å². The van der Waals surface area contributed by atoms with E-state index < -0.39 is 4.92 Å². The average Bonchev–Trinajstić information content (AvgIpc) is 3.20. The number of aromatic nitrogens is 2. The van der Waals surface area contributed by atoms with Crippen LogP contribution in [0.1, 0.15) is 5.56 Å². The summed E-state index contributed by atoms with van der Waals surface area (Å²) >= 11 is 0. The van der Waals surface area contributed by atoms with E-state index in [9.17, 15) is 10.1 Å². The first-order chi connectivity index (χ1) is 14.1. The van der Waals surface area contributed by atoms with Crippen LogP contribution in [0.25, 0.3) is 0 Å². The van der Waals surface area contributed by atoms with E-state index >= 15 is 0 Å². The quantitative estimate of drug-likeness (QED) is 0.457. The van der Waals surface area contributed by atoms with Gasteiger partial charge in [0.2, 0.25) is 18.4 Å². The van der Waals surface area contributed by atoms with Crippen LogP contribution in [0.15, 0.2) is 48.8 Å². The molecule has 2 N–H and O–H groups in total. The zero-order chi connectivity index (χ0) is 20.2. The minimum atomic E-state index is -0.523. The molecule has 1 aliphatic heterocycles. The third-order valence-electron chi connectivity index (χ3n) is 4.23. The molecule has 0 bridgehead atoms. The van der Waals surface area contributed by atoms with E-state index in [4.69, 9.17) is 14.2 Å². The Morgan fingerprint density at radius 1 is 1.14 bits per heavy atom. The Morgan fingerprint density at radius 3 is 2.79 bits per heavy atom. The molecule has 0 atom stereocenters. The molecule has 0 spiro atoms. The second-order valence-electron chi connectivity index (χ2n) is 6.07. The minimum Gasteiger partial charge on any atom is -0.497 e. The van der Waals surface area contributed by atoms with E-state index in [1.54, 1.807) is 37.4 Å². The van der Waals surface area contributed by atoms with Crippen LogP contribution >= 0.6 is 0 Å². The van der Waals surface area contributed by atoms with Gasteiger partial charge in [0, 0.05) is 18.3 Å². The Morgan fingerprint density at radius 2 is 1.97 bits per heavy atom. The highest BCUT2D eigenvalue weighted by Crippen LogP contribution is 2.34. The highest BCUT2D eigenvalue weighted by molar-refractivity contribution is 5.74. The van der Waals surface area contributed by atoms with Crippen molar-refractivity contribution >= 4 is 23.0 Å². The van der Waals surface area contributed by atoms with Crippen molar-refractivity contribution in [3.05, 3.63) is 64.5 Å². The van der Waals surface area contributed by atoms with Crippen LogP contribution in [-0.4, -0.2) is 28.8 Å². The molecule has 2 aromatic carbocycles. The smallest absolute Gasteiger partial charge is 0.353 e. The van der Waals surface area contributed by atoms with Crippen molar-refractivity contribution in [3.8, 4) is 17.2 Å². The standard InChI is InChI=1S/C19H17N5O5/c1-27-14-4-2-3-13(8-14)23-19-17(24(25)26)18(21-10-22-19)20-9-12-5-6-15-16(7-12)29-11-28-15/h2-8,10H,9,11H2,1H3,(H2,20,21,22,23). The third-order valence-corrected chi connectivity index (χ3v) is 4.23. The van der Waals surface area contributed by atoms with Crippen molar-refractivity contribution in [3.63, 3.8) is 0 Å². The number of ether oxygens (including phenoxy) is 3. The molecule has 10 nitrogen and oxygen atoms in total. The first-order valence-electron chi connectivity index (χ1n) is 8.67. The fourth-order valence-electron chi connectivity index (χ4n) is 2.85. The van der Waals surface area contributed by atoms with Gasteiger partial charge in [-0.05, 0) is 29.8 Å². The summed E-state index contributed by atoms with van der Waals surface area (Å²) in [4.78, 5) is 19.3. The van der Waals surface area contributed by atoms with Crippen molar-refractivity contribution in [1.29, 1.82) is 0 Å². The molecule has 0 saturated carbocycles. The molecule has 3 aromatic rings. The summed E-state index contributed by atoms with van der Waals surface area (Å²) in [5.74, 6) is 2.11. The van der Waals surface area contributed by atoms with Gasteiger partial charge in [-0.15, -0.1) is 0 Å². The van der Waals surface area contributed by atoms with E-state index in [1.165, 1.54) is 6.33 Å². The predicted octanol–water partition coefficient (Wildman–Crippen LogP) is 3.48. The summed E-state index contributed by atoms with van der Waals surface area (Å²) < 4.78 is 15.8. The second-order valence-corrected chi connectivity index (χ2v) is 6.07. The summed E-state index contributed by atoms with van der Waals surface area (Å²) in [5.41, 5.74) is 1.22. The molecule has 0 unspecified atom stereocenters. The molecule has 4 rings (SSSR count). The van der Waals surface area contributed by atoms with Gasteiger partial charge in [-0.25, -0.2) is 9.97 Å². The van der Waals surface area contributed by atoms with Crippen LogP contribution in [-0.2, 0) is 6.54 Å². The molecule has 29 heavy (non-hydrogen) atoms. The van der Waals surface area contributed by atoms with E-state index in [-0.39, 0.29) is 24.1 Å². The van der Waals surface area contributed by atoms with Gasteiger partial charge in [0.1, 0.15) is 12.1 Å². The van der Waals surface area contributed by atoms with Crippen LogP contribution in [0.5, 0.6) is 17.2 Å². The van der Waals surface area contributed by atoms with Crippen molar-refractivity contribution < 1.29 is 19.1 Å². The van der Waals surface area contributed by atoms with E-state index in [2.05, 4.69) is 20.6 Å². The zero-order valence-electron chi connectivity index (χ0n) is 15.4. The van der Waals surface area contributed by atoms with Crippen LogP contribution in [0.4, 0.5) is 23.0 Å². The Hall–Kier alpha value is -4.08. The van der Waals surface area contributed by atoms with E-state index in [0.29, 0.717) is 29.5 Å². The van der Waals surface area contributed by atoms with Gasteiger partial charge in [0.15, 0.2) is 11.5 Å². The normalized spacial score (nSPS) is 11.8. The van der Waals surface area contributed by atoms with E-state index in [1.807, 2.05) is 12.1 Å².